The first-order valence-corrected chi connectivity index (χ1v) is 7.41. The fraction of sp³-hybridized carbons (Fsp3) is 0.286. The lowest BCUT2D eigenvalue weighted by Gasteiger charge is -2.24. The van der Waals surface area contributed by atoms with Gasteiger partial charge in [0.1, 0.15) is 5.82 Å². The predicted octanol–water partition coefficient (Wildman–Crippen LogP) is 2.31. The number of nitrogens with one attached hydrogen (secondary N) is 1. The molecule has 104 valence electrons. The topological polar surface area (TPSA) is 94.0 Å². The van der Waals surface area contributed by atoms with E-state index in [2.05, 4.69) is 21.7 Å². The minimum atomic E-state index is -0.534. The summed E-state index contributed by atoms with van der Waals surface area (Å²) >= 11 is 1.80. The molecule has 1 aliphatic carbocycles. The van der Waals surface area contributed by atoms with Gasteiger partial charge in [-0.2, -0.15) is 0 Å². The maximum absolute atomic E-state index is 11.3. The molecule has 0 bridgehead atoms. The molecule has 1 atom stereocenters. The predicted molar refractivity (Wildman–Crippen MR) is 80.8 cm³/mol. The van der Waals surface area contributed by atoms with Crippen molar-refractivity contribution in [3.63, 3.8) is 0 Å². The molecule has 2 heterocycles. The summed E-state index contributed by atoms with van der Waals surface area (Å²) in [5.41, 5.74) is 12.9. The van der Waals surface area contributed by atoms with Gasteiger partial charge in [-0.15, -0.1) is 11.3 Å². The molecule has 2 aromatic rings. The van der Waals surface area contributed by atoms with E-state index in [9.17, 15) is 4.79 Å². The smallest absolute Gasteiger partial charge is 0.250 e. The number of primary amides is 1. The largest absolute Gasteiger partial charge is 0.397 e. The number of aromatic nitrogens is 1. The van der Waals surface area contributed by atoms with Gasteiger partial charge in [0.15, 0.2) is 0 Å². The molecule has 6 heteroatoms. The van der Waals surface area contributed by atoms with Crippen LogP contribution in [-0.2, 0) is 6.42 Å². The Hall–Kier alpha value is -2.08. The van der Waals surface area contributed by atoms with Crippen molar-refractivity contribution in [2.24, 2.45) is 5.73 Å². The summed E-state index contributed by atoms with van der Waals surface area (Å²) in [6.07, 6.45) is 4.83. The van der Waals surface area contributed by atoms with Crippen LogP contribution in [0.4, 0.5) is 11.5 Å². The number of anilines is 2. The number of aryl methyl sites for hydroxylation is 1. The molecule has 5 nitrogen and oxygen atoms in total. The highest BCUT2D eigenvalue weighted by Crippen LogP contribution is 2.35. The molecule has 0 saturated carbocycles. The quantitative estimate of drug-likeness (QED) is 0.807. The fourth-order valence-corrected chi connectivity index (χ4v) is 3.56. The molecule has 20 heavy (non-hydrogen) atoms. The SMILES string of the molecule is NC(=O)c1cc(NC2CCCc3sccc32)ncc1N. The van der Waals surface area contributed by atoms with Gasteiger partial charge in [-0.25, -0.2) is 4.98 Å². The Kier molecular flexibility index (Phi) is 3.31. The van der Waals surface area contributed by atoms with Gasteiger partial charge in [-0.05, 0) is 42.3 Å². The number of nitrogens with two attached hydrogens (primary N) is 2. The van der Waals surface area contributed by atoms with Gasteiger partial charge in [-0.3, -0.25) is 4.79 Å². The van der Waals surface area contributed by atoms with Crippen molar-refractivity contribution in [3.8, 4) is 0 Å². The molecule has 0 aromatic carbocycles. The fourth-order valence-electron chi connectivity index (χ4n) is 2.57. The number of nitrogen functional groups attached to an aromatic ring is 1. The van der Waals surface area contributed by atoms with Crippen LogP contribution in [0.1, 0.15) is 39.7 Å². The Morgan fingerprint density at radius 1 is 1.50 bits per heavy atom. The molecular weight excluding hydrogens is 272 g/mol. The van der Waals surface area contributed by atoms with Gasteiger partial charge in [0.2, 0.25) is 0 Å². The first-order valence-electron chi connectivity index (χ1n) is 6.53. The number of pyridine rings is 1. The van der Waals surface area contributed by atoms with Crippen LogP contribution in [0.15, 0.2) is 23.7 Å². The summed E-state index contributed by atoms with van der Waals surface area (Å²) in [5, 5.41) is 5.50. The van der Waals surface area contributed by atoms with Crippen LogP contribution >= 0.6 is 11.3 Å². The normalized spacial score (nSPS) is 17.5. The van der Waals surface area contributed by atoms with E-state index >= 15 is 0 Å². The van der Waals surface area contributed by atoms with Gasteiger partial charge in [0.25, 0.3) is 5.91 Å². The van der Waals surface area contributed by atoms with Crippen molar-refractivity contribution in [2.75, 3.05) is 11.1 Å². The maximum Gasteiger partial charge on any atom is 0.250 e. The van der Waals surface area contributed by atoms with Crippen LogP contribution in [0, 0.1) is 0 Å². The Balaban J connectivity index is 1.86. The third-order valence-corrected chi connectivity index (χ3v) is 4.57. The lowest BCUT2D eigenvalue weighted by molar-refractivity contribution is 0.100. The zero-order valence-corrected chi connectivity index (χ0v) is 11.7. The number of hydrogen-bond donors (Lipinski definition) is 3. The van der Waals surface area contributed by atoms with Gasteiger partial charge in [0.05, 0.1) is 23.5 Å². The molecule has 5 N–H and O–H groups in total. The van der Waals surface area contributed by atoms with Crippen molar-refractivity contribution in [1.29, 1.82) is 0 Å². The summed E-state index contributed by atoms with van der Waals surface area (Å²) in [4.78, 5) is 17.0. The summed E-state index contributed by atoms with van der Waals surface area (Å²) < 4.78 is 0. The molecule has 3 rings (SSSR count). The number of fused-ring (bicyclic) bond motifs is 1. The molecule has 0 aliphatic heterocycles. The molecular formula is C14H16N4OS. The Bertz CT molecular complexity index is 652. The summed E-state index contributed by atoms with van der Waals surface area (Å²) in [5.74, 6) is 0.102. The molecule has 2 aromatic heterocycles. The Morgan fingerprint density at radius 3 is 3.15 bits per heavy atom. The van der Waals surface area contributed by atoms with Gasteiger partial charge < -0.3 is 16.8 Å². The minimum absolute atomic E-state index is 0.238. The standard InChI is InChI=1S/C14H16N4OS/c15-10-7-17-13(6-9(10)14(16)19)18-11-2-1-3-12-8(11)4-5-20-12/h4-7,11H,1-3,15H2,(H2,16,19)(H,17,18). The zero-order valence-electron chi connectivity index (χ0n) is 10.9. The highest BCUT2D eigenvalue weighted by atomic mass is 32.1. The van der Waals surface area contributed by atoms with Gasteiger partial charge in [-0.1, -0.05) is 0 Å². The van der Waals surface area contributed by atoms with Crippen molar-refractivity contribution >= 4 is 28.7 Å². The lowest BCUT2D eigenvalue weighted by Crippen LogP contribution is -2.18. The highest BCUT2D eigenvalue weighted by molar-refractivity contribution is 7.10. The van der Waals surface area contributed by atoms with Gasteiger partial charge >= 0.3 is 0 Å². The number of nitrogens with zero attached hydrogens (tertiary/aromatic N) is 1. The van der Waals surface area contributed by atoms with Crippen LogP contribution in [0.25, 0.3) is 0 Å². The minimum Gasteiger partial charge on any atom is -0.397 e. The molecule has 0 spiro atoms. The third kappa shape index (κ3) is 2.34. The second-order valence-corrected chi connectivity index (χ2v) is 5.91. The van der Waals surface area contributed by atoms with Crippen molar-refractivity contribution in [2.45, 2.75) is 25.3 Å². The van der Waals surface area contributed by atoms with E-state index in [1.165, 1.54) is 16.6 Å². The molecule has 1 unspecified atom stereocenters. The number of hydrogen-bond acceptors (Lipinski definition) is 5. The van der Waals surface area contributed by atoms with Crippen molar-refractivity contribution in [3.05, 3.63) is 39.7 Å². The van der Waals surface area contributed by atoms with E-state index in [1.807, 2.05) is 0 Å². The van der Waals surface area contributed by atoms with Crippen LogP contribution in [-0.4, -0.2) is 10.9 Å². The van der Waals surface area contributed by atoms with E-state index in [0.717, 1.165) is 19.3 Å². The second-order valence-electron chi connectivity index (χ2n) is 4.91. The number of carbonyl (C=O) groups is 1. The monoisotopic (exact) mass is 288 g/mol. The Labute approximate surface area is 121 Å². The zero-order chi connectivity index (χ0) is 14.1. The summed E-state index contributed by atoms with van der Waals surface area (Å²) in [6.45, 7) is 0. The lowest BCUT2D eigenvalue weighted by atomic mass is 9.94. The van der Waals surface area contributed by atoms with Crippen molar-refractivity contribution in [1.82, 2.24) is 4.98 Å². The number of thiophene rings is 1. The number of rotatable bonds is 3. The summed E-state index contributed by atoms with van der Waals surface area (Å²) in [7, 11) is 0. The van der Waals surface area contributed by atoms with Crippen LogP contribution < -0.4 is 16.8 Å². The van der Waals surface area contributed by atoms with Crippen LogP contribution in [0.5, 0.6) is 0 Å². The maximum atomic E-state index is 11.3. The molecule has 1 aliphatic rings. The molecule has 0 radical (unpaired) electrons. The molecule has 0 fully saturated rings. The highest BCUT2D eigenvalue weighted by Gasteiger charge is 2.21. The summed E-state index contributed by atoms with van der Waals surface area (Å²) in [6, 6.07) is 4.02. The van der Waals surface area contributed by atoms with E-state index in [0.29, 0.717) is 17.1 Å². The van der Waals surface area contributed by atoms with Crippen LogP contribution in [0.3, 0.4) is 0 Å². The van der Waals surface area contributed by atoms with Gasteiger partial charge in [0, 0.05) is 4.88 Å². The average Bonchev–Trinajstić information content (AvgIpc) is 2.90. The van der Waals surface area contributed by atoms with E-state index in [-0.39, 0.29) is 6.04 Å². The van der Waals surface area contributed by atoms with E-state index < -0.39 is 5.91 Å². The van der Waals surface area contributed by atoms with E-state index in [1.54, 1.807) is 17.4 Å². The average molecular weight is 288 g/mol. The Morgan fingerprint density at radius 2 is 2.35 bits per heavy atom. The first-order chi connectivity index (χ1) is 9.65. The molecule has 1 amide bonds. The third-order valence-electron chi connectivity index (χ3n) is 3.57. The van der Waals surface area contributed by atoms with Crippen molar-refractivity contribution < 1.29 is 4.79 Å². The first kappa shape index (κ1) is 12.9. The van der Waals surface area contributed by atoms with E-state index in [4.69, 9.17) is 11.5 Å². The molecule has 0 saturated heterocycles. The second kappa shape index (κ2) is 5.13. The number of amides is 1. The number of carbonyl (C=O) groups excluding carboxylic acids is 1. The van der Waals surface area contributed by atoms with Crippen LogP contribution in [0.2, 0.25) is 0 Å².